The van der Waals surface area contributed by atoms with E-state index in [1.807, 2.05) is 31.2 Å². The fraction of sp³-hybridized carbons (Fsp3) is 0.208. The smallest absolute Gasteiger partial charge is 0.418 e. The molecule has 0 atom stereocenters. The van der Waals surface area contributed by atoms with Crippen LogP contribution in [0.1, 0.15) is 16.7 Å². The Morgan fingerprint density at radius 3 is 2.18 bits per heavy atom. The van der Waals surface area contributed by atoms with E-state index in [9.17, 15) is 26.4 Å². The maximum Gasteiger partial charge on any atom is 0.418 e. The maximum absolute atomic E-state index is 13.1. The molecule has 0 aliphatic carbocycles. The van der Waals surface area contributed by atoms with Crippen LogP contribution >= 0.6 is 0 Å². The Morgan fingerprint density at radius 1 is 0.971 bits per heavy atom. The van der Waals surface area contributed by atoms with Gasteiger partial charge in [-0.15, -0.1) is 0 Å². The van der Waals surface area contributed by atoms with Gasteiger partial charge in [0.15, 0.2) is 6.61 Å². The number of nitrogens with one attached hydrogen (secondary N) is 1. The van der Waals surface area contributed by atoms with Gasteiger partial charge >= 0.3 is 6.18 Å². The Labute approximate surface area is 196 Å². The largest absolute Gasteiger partial charge is 0.484 e. The zero-order valence-electron chi connectivity index (χ0n) is 18.5. The first-order valence-electron chi connectivity index (χ1n) is 10.2. The molecule has 0 aromatic heterocycles. The van der Waals surface area contributed by atoms with Crippen molar-refractivity contribution in [1.29, 1.82) is 0 Å². The average molecular weight is 493 g/mol. The van der Waals surface area contributed by atoms with Crippen LogP contribution in [0.15, 0.2) is 72.8 Å². The third-order valence-corrected chi connectivity index (χ3v) is 5.99. The number of sulfonamides is 1. The molecule has 0 fully saturated rings. The van der Waals surface area contributed by atoms with Gasteiger partial charge in [-0.25, -0.2) is 8.42 Å². The molecule has 0 aliphatic heterocycles. The van der Waals surface area contributed by atoms with Crippen molar-refractivity contribution < 1.29 is 31.1 Å². The second kappa shape index (κ2) is 10.2. The van der Waals surface area contributed by atoms with Gasteiger partial charge in [-0.2, -0.15) is 13.2 Å². The lowest BCUT2D eigenvalue weighted by Gasteiger charge is -2.23. The fourth-order valence-electron chi connectivity index (χ4n) is 3.14. The number of nitrogens with zero attached hydrogens (tertiary/aromatic N) is 1. The van der Waals surface area contributed by atoms with Crippen LogP contribution in [0.3, 0.4) is 0 Å². The number of ether oxygens (including phenoxy) is 1. The number of anilines is 2. The minimum absolute atomic E-state index is 0.139. The number of carbonyl (C=O) groups excluding carboxylic acids is 1. The minimum atomic E-state index is -4.61. The van der Waals surface area contributed by atoms with Crippen molar-refractivity contribution in [2.75, 3.05) is 22.5 Å². The van der Waals surface area contributed by atoms with Gasteiger partial charge in [0.2, 0.25) is 10.0 Å². The van der Waals surface area contributed by atoms with Crippen molar-refractivity contribution in [2.24, 2.45) is 0 Å². The van der Waals surface area contributed by atoms with E-state index in [1.54, 1.807) is 0 Å². The molecule has 1 N–H and O–H groups in total. The summed E-state index contributed by atoms with van der Waals surface area (Å²) in [6.07, 6.45) is -3.50. The van der Waals surface area contributed by atoms with Crippen LogP contribution < -0.4 is 14.4 Å². The van der Waals surface area contributed by atoms with E-state index in [-0.39, 0.29) is 18.0 Å². The second-order valence-electron chi connectivity index (χ2n) is 7.63. The predicted molar refractivity (Wildman–Crippen MR) is 124 cm³/mol. The Morgan fingerprint density at radius 2 is 1.59 bits per heavy atom. The molecule has 0 aliphatic rings. The lowest BCUT2D eigenvalue weighted by atomic mass is 10.1. The predicted octanol–water partition coefficient (Wildman–Crippen LogP) is 5.00. The first kappa shape index (κ1) is 25.1. The van der Waals surface area contributed by atoms with Crippen LogP contribution in [0.25, 0.3) is 0 Å². The lowest BCUT2D eigenvalue weighted by Crippen LogP contribution is -2.29. The molecule has 10 heteroatoms. The van der Waals surface area contributed by atoms with Gasteiger partial charge < -0.3 is 10.1 Å². The molecule has 3 aromatic carbocycles. The summed E-state index contributed by atoms with van der Waals surface area (Å²) in [5.41, 5.74) is 0.953. The third-order valence-electron chi connectivity index (χ3n) is 4.85. The van der Waals surface area contributed by atoms with E-state index in [1.165, 1.54) is 40.7 Å². The van der Waals surface area contributed by atoms with Crippen molar-refractivity contribution in [2.45, 2.75) is 19.6 Å². The monoisotopic (exact) mass is 492 g/mol. The number of aryl methyl sites for hydroxylation is 1. The number of rotatable bonds is 8. The summed E-state index contributed by atoms with van der Waals surface area (Å²) in [7, 11) is -3.58. The summed E-state index contributed by atoms with van der Waals surface area (Å²) in [6.45, 7) is 1.55. The van der Waals surface area contributed by atoms with Crippen LogP contribution in [-0.4, -0.2) is 27.2 Å². The van der Waals surface area contributed by atoms with Gasteiger partial charge in [-0.05, 0) is 48.9 Å². The quantitative estimate of drug-likeness (QED) is 0.480. The minimum Gasteiger partial charge on any atom is -0.484 e. The maximum atomic E-state index is 13.1. The molecule has 0 radical (unpaired) electrons. The number of benzene rings is 3. The molecule has 0 saturated carbocycles. The van der Waals surface area contributed by atoms with Crippen LogP contribution in [0.4, 0.5) is 24.5 Å². The molecule has 0 heterocycles. The topological polar surface area (TPSA) is 75.7 Å². The van der Waals surface area contributed by atoms with Crippen LogP contribution in [-0.2, 0) is 27.5 Å². The summed E-state index contributed by atoms with van der Waals surface area (Å²) in [5.74, 6) is -0.510. The van der Waals surface area contributed by atoms with Gasteiger partial charge in [0.05, 0.1) is 29.7 Å². The number of halogens is 3. The van der Waals surface area contributed by atoms with Crippen molar-refractivity contribution >= 4 is 27.3 Å². The van der Waals surface area contributed by atoms with Crippen molar-refractivity contribution in [1.82, 2.24) is 0 Å². The van der Waals surface area contributed by atoms with Crippen molar-refractivity contribution in [3.8, 4) is 5.75 Å². The molecule has 34 heavy (non-hydrogen) atoms. The Balaban J connectivity index is 1.66. The Hall–Kier alpha value is -3.53. The molecule has 6 nitrogen and oxygen atoms in total. The molecule has 0 saturated heterocycles. The van der Waals surface area contributed by atoms with Crippen molar-refractivity contribution in [3.05, 3.63) is 89.5 Å². The summed E-state index contributed by atoms with van der Waals surface area (Å²) in [5, 5.41) is 2.20. The van der Waals surface area contributed by atoms with E-state index < -0.39 is 34.3 Å². The molecule has 0 spiro atoms. The van der Waals surface area contributed by atoms with Gasteiger partial charge in [-0.3, -0.25) is 9.10 Å². The lowest BCUT2D eigenvalue weighted by molar-refractivity contribution is -0.137. The average Bonchev–Trinajstić information content (AvgIpc) is 2.76. The fourth-order valence-corrected chi connectivity index (χ4v) is 4.03. The third kappa shape index (κ3) is 6.74. The van der Waals surface area contributed by atoms with Crippen LogP contribution in [0, 0.1) is 6.92 Å². The number of carbonyl (C=O) groups is 1. The molecular formula is C24H23F3N2O4S. The zero-order chi connectivity index (χ0) is 24.9. The zero-order valence-corrected chi connectivity index (χ0v) is 19.3. The highest BCUT2D eigenvalue weighted by atomic mass is 32.2. The van der Waals surface area contributed by atoms with Crippen molar-refractivity contribution in [3.63, 3.8) is 0 Å². The number of alkyl halides is 3. The first-order chi connectivity index (χ1) is 15.9. The molecule has 3 rings (SSSR count). The Bertz CT molecular complexity index is 1240. The van der Waals surface area contributed by atoms with E-state index >= 15 is 0 Å². The van der Waals surface area contributed by atoms with Gasteiger partial charge in [-0.1, -0.05) is 42.0 Å². The second-order valence-corrected chi connectivity index (χ2v) is 9.54. The molecule has 1 amide bonds. The summed E-state index contributed by atoms with van der Waals surface area (Å²) < 4.78 is 70.5. The van der Waals surface area contributed by atoms with Crippen LogP contribution in [0.5, 0.6) is 5.75 Å². The summed E-state index contributed by atoms with van der Waals surface area (Å²) >= 11 is 0. The highest BCUT2D eigenvalue weighted by molar-refractivity contribution is 7.92. The molecule has 3 aromatic rings. The van der Waals surface area contributed by atoms with E-state index in [0.29, 0.717) is 5.69 Å². The number of hydrogen-bond donors (Lipinski definition) is 1. The molecule has 0 unspecified atom stereocenters. The molecule has 180 valence electrons. The van der Waals surface area contributed by atoms with Gasteiger partial charge in [0.1, 0.15) is 5.75 Å². The van der Waals surface area contributed by atoms with E-state index in [4.69, 9.17) is 4.74 Å². The summed E-state index contributed by atoms with van der Waals surface area (Å²) in [4.78, 5) is 12.1. The highest BCUT2D eigenvalue weighted by Crippen LogP contribution is 2.34. The van der Waals surface area contributed by atoms with Gasteiger partial charge in [0, 0.05) is 0 Å². The number of para-hydroxylation sites is 1. The highest BCUT2D eigenvalue weighted by Gasteiger charge is 2.33. The SMILES string of the molecule is Cc1ccc(CN(c2ccc(OCC(=O)Nc3ccccc3C(F)(F)F)cc2)S(C)(=O)=O)cc1. The van der Waals surface area contributed by atoms with E-state index in [2.05, 4.69) is 5.32 Å². The number of hydrogen-bond acceptors (Lipinski definition) is 4. The normalized spacial score (nSPS) is 11.7. The molecule has 0 bridgehead atoms. The van der Waals surface area contributed by atoms with Crippen LogP contribution in [0.2, 0.25) is 0 Å². The van der Waals surface area contributed by atoms with E-state index in [0.717, 1.165) is 29.5 Å². The van der Waals surface area contributed by atoms with Gasteiger partial charge in [0.25, 0.3) is 5.91 Å². The first-order valence-corrected chi connectivity index (χ1v) is 12.0. The number of amides is 1. The molecular weight excluding hydrogens is 469 g/mol. The standard InChI is InChI=1S/C24H23F3N2O4S/c1-17-7-9-18(10-8-17)15-29(34(2,31)32)19-11-13-20(14-12-19)33-16-23(30)28-22-6-4-3-5-21(22)24(25,26)27/h3-14H,15-16H2,1-2H3,(H,28,30). The Kier molecular flexibility index (Phi) is 7.51. The summed E-state index contributed by atoms with van der Waals surface area (Å²) in [6, 6.07) is 18.2.